The Morgan fingerprint density at radius 1 is 1.16 bits per heavy atom. The summed E-state index contributed by atoms with van der Waals surface area (Å²) in [5.41, 5.74) is 1.50. The van der Waals surface area contributed by atoms with Crippen LogP contribution in [0.4, 0.5) is 0 Å². The van der Waals surface area contributed by atoms with Gasteiger partial charge in [0.15, 0.2) is 17.3 Å². The van der Waals surface area contributed by atoms with Crippen LogP contribution in [-0.2, 0) is 20.7 Å². The number of carbonyl (C=O) groups excluding carboxylic acids is 2. The second-order valence-corrected chi connectivity index (χ2v) is 4.29. The molecule has 19 heavy (non-hydrogen) atoms. The molecular weight excluding hydrogens is 248 g/mol. The lowest BCUT2D eigenvalue weighted by molar-refractivity contribution is -0.146. The Balaban J connectivity index is 2.58. The number of hydrogen-bond donors (Lipinski definition) is 0. The van der Waals surface area contributed by atoms with Crippen molar-refractivity contribution in [1.29, 1.82) is 0 Å². The Morgan fingerprint density at radius 2 is 1.89 bits per heavy atom. The van der Waals surface area contributed by atoms with Crippen molar-refractivity contribution in [2.45, 2.75) is 18.8 Å². The molecule has 0 heterocycles. The first kappa shape index (κ1) is 13.4. The zero-order valence-corrected chi connectivity index (χ0v) is 11.2. The summed E-state index contributed by atoms with van der Waals surface area (Å²) in [7, 11) is 4.38. The summed E-state index contributed by atoms with van der Waals surface area (Å²) in [5, 5.41) is 0. The highest BCUT2D eigenvalue weighted by Crippen LogP contribution is 2.40. The van der Waals surface area contributed by atoms with Crippen molar-refractivity contribution in [1.82, 2.24) is 0 Å². The lowest BCUT2D eigenvalue weighted by Crippen LogP contribution is -2.28. The van der Waals surface area contributed by atoms with Crippen molar-refractivity contribution >= 4 is 11.8 Å². The summed E-state index contributed by atoms with van der Waals surface area (Å²) in [5.74, 6) is -0.320. The molecule has 102 valence electrons. The van der Waals surface area contributed by atoms with Gasteiger partial charge in [0.2, 0.25) is 0 Å². The van der Waals surface area contributed by atoms with Gasteiger partial charge < -0.3 is 14.2 Å². The van der Waals surface area contributed by atoms with Gasteiger partial charge >= 0.3 is 5.97 Å². The Labute approximate surface area is 111 Å². The van der Waals surface area contributed by atoms with Gasteiger partial charge in [-0.25, -0.2) is 0 Å². The third kappa shape index (κ3) is 2.16. The van der Waals surface area contributed by atoms with Gasteiger partial charge in [-0.3, -0.25) is 9.59 Å². The molecule has 0 amide bonds. The van der Waals surface area contributed by atoms with E-state index in [4.69, 9.17) is 14.2 Å². The summed E-state index contributed by atoms with van der Waals surface area (Å²) >= 11 is 0. The Bertz CT molecular complexity index is 521. The smallest absolute Gasteiger partial charge is 0.320 e. The monoisotopic (exact) mass is 264 g/mol. The molecule has 0 N–H and O–H groups in total. The predicted molar refractivity (Wildman–Crippen MR) is 67.6 cm³/mol. The number of hydrogen-bond acceptors (Lipinski definition) is 5. The number of methoxy groups -OCH3 is 3. The molecular formula is C14H16O5. The van der Waals surface area contributed by atoms with E-state index in [9.17, 15) is 9.59 Å². The molecule has 0 spiro atoms. The topological polar surface area (TPSA) is 61.8 Å². The molecule has 5 nitrogen and oxygen atoms in total. The van der Waals surface area contributed by atoms with Crippen molar-refractivity contribution in [3.63, 3.8) is 0 Å². The van der Waals surface area contributed by atoms with E-state index in [1.54, 1.807) is 26.4 Å². The van der Waals surface area contributed by atoms with Crippen molar-refractivity contribution in [2.75, 3.05) is 21.3 Å². The fourth-order valence-electron chi connectivity index (χ4n) is 2.48. The first-order valence-corrected chi connectivity index (χ1v) is 5.98. The van der Waals surface area contributed by atoms with Crippen LogP contribution in [0.5, 0.6) is 11.5 Å². The fourth-order valence-corrected chi connectivity index (χ4v) is 2.48. The van der Waals surface area contributed by atoms with E-state index in [0.29, 0.717) is 29.9 Å². The summed E-state index contributed by atoms with van der Waals surface area (Å²) in [6, 6.07) is 3.43. The van der Waals surface area contributed by atoms with Crippen molar-refractivity contribution in [3.8, 4) is 11.5 Å². The molecule has 0 aromatic heterocycles. The zero-order valence-electron chi connectivity index (χ0n) is 11.2. The molecule has 1 aliphatic rings. The number of fused-ring (bicyclic) bond motifs is 1. The minimum atomic E-state index is -0.853. The molecule has 0 bridgehead atoms. The van der Waals surface area contributed by atoms with E-state index in [-0.39, 0.29) is 5.78 Å². The molecule has 1 aromatic carbocycles. The van der Waals surface area contributed by atoms with Crippen LogP contribution in [0.1, 0.15) is 23.5 Å². The number of esters is 1. The average molecular weight is 264 g/mol. The summed E-state index contributed by atoms with van der Waals surface area (Å²) in [6.07, 6.45) is 0.846. The molecule has 1 aromatic rings. The van der Waals surface area contributed by atoms with E-state index in [1.807, 2.05) is 0 Å². The number of benzene rings is 1. The van der Waals surface area contributed by atoms with Gasteiger partial charge in [-0.2, -0.15) is 0 Å². The second-order valence-electron chi connectivity index (χ2n) is 4.29. The van der Waals surface area contributed by atoms with Crippen LogP contribution in [0.15, 0.2) is 12.1 Å². The lowest BCUT2D eigenvalue weighted by Gasteiger charge is -2.25. The lowest BCUT2D eigenvalue weighted by atomic mass is 9.81. The fraction of sp³-hybridized carbons (Fsp3) is 0.429. The van der Waals surface area contributed by atoms with Crippen LogP contribution < -0.4 is 9.47 Å². The maximum Gasteiger partial charge on any atom is 0.320 e. The summed E-state index contributed by atoms with van der Waals surface area (Å²) in [4.78, 5) is 23.7. The number of ketones is 1. The molecule has 0 radical (unpaired) electrons. The first-order valence-electron chi connectivity index (χ1n) is 5.98. The normalized spacial score (nSPS) is 17.6. The SMILES string of the molecule is COC(=O)C1C(=O)CCc2c1ccc(OC)c2OC. The molecule has 2 rings (SSSR count). The maximum absolute atomic E-state index is 11.9. The van der Waals surface area contributed by atoms with Crippen LogP contribution in [-0.4, -0.2) is 33.1 Å². The van der Waals surface area contributed by atoms with Crippen LogP contribution in [0.25, 0.3) is 0 Å². The molecule has 0 saturated carbocycles. The van der Waals surface area contributed by atoms with Gasteiger partial charge in [0.25, 0.3) is 0 Å². The number of carbonyl (C=O) groups is 2. The van der Waals surface area contributed by atoms with E-state index < -0.39 is 11.9 Å². The third-order valence-electron chi connectivity index (χ3n) is 3.38. The first-order chi connectivity index (χ1) is 9.13. The van der Waals surface area contributed by atoms with Gasteiger partial charge in [0.05, 0.1) is 21.3 Å². The molecule has 0 aliphatic heterocycles. The van der Waals surface area contributed by atoms with Gasteiger partial charge in [0.1, 0.15) is 5.92 Å². The molecule has 1 atom stereocenters. The van der Waals surface area contributed by atoms with Gasteiger partial charge in [-0.1, -0.05) is 6.07 Å². The Hall–Kier alpha value is -2.04. The zero-order chi connectivity index (χ0) is 14.0. The van der Waals surface area contributed by atoms with Crippen LogP contribution in [0, 0.1) is 0 Å². The largest absolute Gasteiger partial charge is 0.493 e. The average Bonchev–Trinajstić information content (AvgIpc) is 2.44. The van der Waals surface area contributed by atoms with Crippen molar-refractivity contribution < 1.29 is 23.8 Å². The highest BCUT2D eigenvalue weighted by atomic mass is 16.5. The summed E-state index contributed by atoms with van der Waals surface area (Å²) < 4.78 is 15.3. The van der Waals surface area contributed by atoms with Gasteiger partial charge in [-0.15, -0.1) is 0 Å². The van der Waals surface area contributed by atoms with Crippen molar-refractivity contribution in [2.24, 2.45) is 0 Å². The molecule has 5 heteroatoms. The van der Waals surface area contributed by atoms with Gasteiger partial charge in [0, 0.05) is 12.0 Å². The minimum absolute atomic E-state index is 0.119. The van der Waals surface area contributed by atoms with E-state index in [2.05, 4.69) is 0 Å². The highest BCUT2D eigenvalue weighted by Gasteiger charge is 2.36. The van der Waals surface area contributed by atoms with E-state index >= 15 is 0 Å². The van der Waals surface area contributed by atoms with Crippen LogP contribution in [0.2, 0.25) is 0 Å². The molecule has 1 aliphatic carbocycles. The second kappa shape index (κ2) is 5.30. The predicted octanol–water partition coefficient (Wildman–Crippen LogP) is 1.48. The molecule has 0 fully saturated rings. The standard InChI is InChI=1S/C14H16O5/c1-17-11-7-5-8-9(13(11)18-2)4-6-10(15)12(8)14(16)19-3/h5,7,12H,4,6H2,1-3H3. The quantitative estimate of drug-likeness (QED) is 0.611. The van der Waals surface area contributed by atoms with Crippen LogP contribution >= 0.6 is 0 Å². The maximum atomic E-state index is 11.9. The third-order valence-corrected chi connectivity index (χ3v) is 3.38. The minimum Gasteiger partial charge on any atom is -0.493 e. The van der Waals surface area contributed by atoms with Gasteiger partial charge in [-0.05, 0) is 18.1 Å². The molecule has 1 unspecified atom stereocenters. The number of Topliss-reactive ketones (excluding diaryl/α,β-unsaturated/α-hetero) is 1. The molecule has 0 saturated heterocycles. The Morgan fingerprint density at radius 3 is 2.47 bits per heavy atom. The number of rotatable bonds is 3. The summed E-state index contributed by atoms with van der Waals surface area (Å²) in [6.45, 7) is 0. The highest BCUT2D eigenvalue weighted by molar-refractivity contribution is 6.06. The van der Waals surface area contributed by atoms with Crippen molar-refractivity contribution in [3.05, 3.63) is 23.3 Å². The number of ether oxygens (including phenoxy) is 3. The van der Waals surface area contributed by atoms with E-state index in [0.717, 1.165) is 5.56 Å². The Kier molecular flexibility index (Phi) is 3.74. The van der Waals surface area contributed by atoms with Crippen LogP contribution in [0.3, 0.4) is 0 Å². The van der Waals surface area contributed by atoms with E-state index in [1.165, 1.54) is 7.11 Å².